The van der Waals surface area contributed by atoms with Crippen LogP contribution in [0.1, 0.15) is 28.8 Å². The van der Waals surface area contributed by atoms with Gasteiger partial charge in [-0.3, -0.25) is 4.79 Å². The van der Waals surface area contributed by atoms with Gasteiger partial charge in [-0.25, -0.2) is 0 Å². The molecule has 4 nitrogen and oxygen atoms in total. The van der Waals surface area contributed by atoms with Gasteiger partial charge in [-0.05, 0) is 33.1 Å². The highest BCUT2D eigenvalue weighted by Gasteiger charge is 2.21. The maximum Gasteiger partial charge on any atom is 0.287 e. The van der Waals surface area contributed by atoms with Gasteiger partial charge in [0, 0.05) is 16.9 Å². The fourth-order valence-corrected chi connectivity index (χ4v) is 2.29. The Kier molecular flexibility index (Phi) is 5.08. The lowest BCUT2D eigenvalue weighted by atomic mass is 10.2. The summed E-state index contributed by atoms with van der Waals surface area (Å²) in [5.41, 5.74) is 0.830. The quantitative estimate of drug-likeness (QED) is 0.843. The second-order valence-electron chi connectivity index (χ2n) is 4.09. The number of thioether (sulfide) groups is 1. The second kappa shape index (κ2) is 6.12. The van der Waals surface area contributed by atoms with Crippen LogP contribution in [0.25, 0.3) is 0 Å². The van der Waals surface area contributed by atoms with Crippen LogP contribution in [0.3, 0.4) is 0 Å². The summed E-state index contributed by atoms with van der Waals surface area (Å²) in [5, 5.41) is 12.0. The first-order valence-electron chi connectivity index (χ1n) is 5.51. The van der Waals surface area contributed by atoms with Gasteiger partial charge in [-0.1, -0.05) is 0 Å². The summed E-state index contributed by atoms with van der Waals surface area (Å²) >= 11 is 1.53. The van der Waals surface area contributed by atoms with E-state index in [1.165, 1.54) is 11.8 Å². The molecule has 0 aromatic carbocycles. The fourth-order valence-electron chi connectivity index (χ4n) is 1.67. The summed E-state index contributed by atoms with van der Waals surface area (Å²) in [5.74, 6) is 0.853. The van der Waals surface area contributed by atoms with Gasteiger partial charge >= 0.3 is 0 Å². The zero-order valence-electron chi connectivity index (χ0n) is 10.6. The Labute approximate surface area is 106 Å². The van der Waals surface area contributed by atoms with Crippen LogP contribution in [0.5, 0.6) is 0 Å². The van der Waals surface area contributed by atoms with Crippen LogP contribution in [0, 0.1) is 13.8 Å². The van der Waals surface area contributed by atoms with Gasteiger partial charge in [-0.15, -0.1) is 0 Å². The number of aliphatic hydroxyl groups is 1. The van der Waals surface area contributed by atoms with Crippen molar-refractivity contribution in [2.24, 2.45) is 0 Å². The highest BCUT2D eigenvalue weighted by Crippen LogP contribution is 2.15. The number of carbonyl (C=O) groups is 1. The standard InChI is InChI=1S/C12H19NO3S/c1-7-5-8(2)16-11(7)12(15)13-9(3)10(6-14)17-4/h5,9-10,14H,6H2,1-4H3,(H,13,15). The molecule has 96 valence electrons. The van der Waals surface area contributed by atoms with Crippen LogP contribution >= 0.6 is 11.8 Å². The van der Waals surface area contributed by atoms with Crippen LogP contribution in [-0.2, 0) is 0 Å². The van der Waals surface area contributed by atoms with E-state index in [0.29, 0.717) is 5.76 Å². The van der Waals surface area contributed by atoms with E-state index >= 15 is 0 Å². The molecule has 0 aliphatic rings. The minimum Gasteiger partial charge on any atom is -0.456 e. The van der Waals surface area contributed by atoms with Crippen molar-refractivity contribution in [3.63, 3.8) is 0 Å². The van der Waals surface area contributed by atoms with Crippen molar-refractivity contribution in [3.05, 3.63) is 23.2 Å². The topological polar surface area (TPSA) is 62.5 Å². The lowest BCUT2D eigenvalue weighted by Gasteiger charge is -2.20. The molecule has 1 rings (SSSR count). The number of hydrogen-bond donors (Lipinski definition) is 2. The van der Waals surface area contributed by atoms with E-state index in [4.69, 9.17) is 9.52 Å². The van der Waals surface area contributed by atoms with Crippen molar-refractivity contribution >= 4 is 17.7 Å². The molecule has 1 heterocycles. The number of hydrogen-bond acceptors (Lipinski definition) is 4. The smallest absolute Gasteiger partial charge is 0.287 e. The Morgan fingerprint density at radius 2 is 2.24 bits per heavy atom. The molecule has 1 aromatic heterocycles. The largest absolute Gasteiger partial charge is 0.456 e. The molecule has 0 saturated heterocycles. The van der Waals surface area contributed by atoms with Crippen molar-refractivity contribution in [3.8, 4) is 0 Å². The molecule has 0 fully saturated rings. The maximum absolute atomic E-state index is 11.9. The third-order valence-electron chi connectivity index (χ3n) is 2.65. The Morgan fingerprint density at radius 1 is 1.59 bits per heavy atom. The van der Waals surface area contributed by atoms with Gasteiger partial charge in [-0.2, -0.15) is 11.8 Å². The maximum atomic E-state index is 11.9. The number of carbonyl (C=O) groups excluding carboxylic acids is 1. The van der Waals surface area contributed by atoms with Gasteiger partial charge in [0.1, 0.15) is 5.76 Å². The lowest BCUT2D eigenvalue weighted by Crippen LogP contribution is -2.41. The summed E-state index contributed by atoms with van der Waals surface area (Å²) in [4.78, 5) is 11.9. The Bertz CT molecular complexity index is 385. The minimum atomic E-state index is -0.226. The molecule has 1 aromatic rings. The average molecular weight is 257 g/mol. The lowest BCUT2D eigenvalue weighted by molar-refractivity contribution is 0.0905. The summed E-state index contributed by atoms with van der Waals surface area (Å²) < 4.78 is 5.34. The third-order valence-corrected chi connectivity index (χ3v) is 3.81. The number of amides is 1. The van der Waals surface area contributed by atoms with Gasteiger partial charge in [0.05, 0.1) is 6.61 Å². The minimum absolute atomic E-state index is 0.00434. The molecule has 0 spiro atoms. The third kappa shape index (κ3) is 3.51. The zero-order valence-corrected chi connectivity index (χ0v) is 11.4. The van der Waals surface area contributed by atoms with Crippen LogP contribution in [0.4, 0.5) is 0 Å². The van der Waals surface area contributed by atoms with Crippen LogP contribution in [-0.4, -0.2) is 35.2 Å². The number of rotatable bonds is 5. The Morgan fingerprint density at radius 3 is 2.65 bits per heavy atom. The van der Waals surface area contributed by atoms with E-state index < -0.39 is 0 Å². The first-order chi connectivity index (χ1) is 7.99. The van der Waals surface area contributed by atoms with E-state index in [1.54, 1.807) is 0 Å². The second-order valence-corrected chi connectivity index (χ2v) is 5.16. The monoisotopic (exact) mass is 257 g/mol. The zero-order chi connectivity index (χ0) is 13.0. The van der Waals surface area contributed by atoms with Crippen LogP contribution < -0.4 is 5.32 Å². The molecule has 0 aliphatic carbocycles. The van der Waals surface area contributed by atoms with Gasteiger partial charge in [0.25, 0.3) is 5.91 Å². The number of aliphatic hydroxyl groups excluding tert-OH is 1. The summed E-state index contributed by atoms with van der Waals surface area (Å²) in [6.45, 7) is 5.57. The molecule has 2 N–H and O–H groups in total. The highest BCUT2D eigenvalue weighted by molar-refractivity contribution is 7.99. The van der Waals surface area contributed by atoms with E-state index in [1.807, 2.05) is 33.1 Å². The van der Waals surface area contributed by atoms with Crippen molar-refractivity contribution in [1.29, 1.82) is 0 Å². The summed E-state index contributed by atoms with van der Waals surface area (Å²) in [6, 6.07) is 1.73. The molecule has 5 heteroatoms. The molecule has 0 saturated carbocycles. The van der Waals surface area contributed by atoms with Crippen LogP contribution in [0.2, 0.25) is 0 Å². The Hall–Kier alpha value is -0.940. The molecular weight excluding hydrogens is 238 g/mol. The van der Waals surface area contributed by atoms with Crippen molar-refractivity contribution in [2.45, 2.75) is 32.1 Å². The fraction of sp³-hybridized carbons (Fsp3) is 0.583. The normalized spacial score (nSPS) is 14.4. The molecule has 0 aliphatic heterocycles. The predicted octanol–water partition coefficient (Wildman–Crippen LogP) is 1.74. The molecule has 17 heavy (non-hydrogen) atoms. The SMILES string of the molecule is CSC(CO)C(C)NC(=O)c1oc(C)cc1C. The van der Waals surface area contributed by atoms with Gasteiger partial charge < -0.3 is 14.8 Å². The van der Waals surface area contributed by atoms with Gasteiger partial charge in [0.2, 0.25) is 0 Å². The van der Waals surface area contributed by atoms with Gasteiger partial charge in [0.15, 0.2) is 5.76 Å². The molecular formula is C12H19NO3S. The number of nitrogens with one attached hydrogen (secondary N) is 1. The van der Waals surface area contributed by atoms with Crippen molar-refractivity contribution in [1.82, 2.24) is 5.32 Å². The first-order valence-corrected chi connectivity index (χ1v) is 6.80. The van der Waals surface area contributed by atoms with Crippen LogP contribution in [0.15, 0.2) is 10.5 Å². The molecule has 1 amide bonds. The van der Waals surface area contributed by atoms with Crippen molar-refractivity contribution < 1.29 is 14.3 Å². The molecule has 0 bridgehead atoms. The Balaban J connectivity index is 2.69. The predicted molar refractivity (Wildman–Crippen MR) is 69.5 cm³/mol. The first kappa shape index (κ1) is 14.1. The summed E-state index contributed by atoms with van der Waals surface area (Å²) in [6.07, 6.45) is 1.91. The van der Waals surface area contributed by atoms with E-state index in [9.17, 15) is 4.79 Å². The molecule has 2 unspecified atom stereocenters. The average Bonchev–Trinajstić information content (AvgIpc) is 2.59. The highest BCUT2D eigenvalue weighted by atomic mass is 32.2. The number of aryl methyl sites for hydroxylation is 2. The number of furan rings is 1. The summed E-state index contributed by atoms with van der Waals surface area (Å²) in [7, 11) is 0. The van der Waals surface area contributed by atoms with E-state index in [2.05, 4.69) is 5.32 Å². The molecule has 0 radical (unpaired) electrons. The molecule has 2 atom stereocenters. The van der Waals surface area contributed by atoms with E-state index in [-0.39, 0.29) is 23.8 Å². The van der Waals surface area contributed by atoms with E-state index in [0.717, 1.165) is 11.3 Å². The van der Waals surface area contributed by atoms with Crippen molar-refractivity contribution in [2.75, 3.05) is 12.9 Å².